The highest BCUT2D eigenvalue weighted by atomic mass is 79.9. The molecule has 0 spiro atoms. The molecule has 0 N–H and O–H groups in total. The van der Waals surface area contributed by atoms with Gasteiger partial charge in [-0.05, 0) is 60.5 Å². The largest absolute Gasteiger partial charge is 0.497 e. The average Bonchev–Trinajstić information content (AvgIpc) is 3.34. The molecular weight excluding hydrogens is 512 g/mol. The second-order valence-electron chi connectivity index (χ2n) is 7.83. The first-order valence-electron chi connectivity index (χ1n) is 11.2. The van der Waals surface area contributed by atoms with Crippen molar-refractivity contribution in [2.75, 3.05) is 20.3 Å². The van der Waals surface area contributed by atoms with Gasteiger partial charge in [-0.2, -0.15) is 5.10 Å². The Balaban J connectivity index is 1.59. The Labute approximate surface area is 212 Å². The fourth-order valence-electron chi connectivity index (χ4n) is 3.86. The van der Waals surface area contributed by atoms with E-state index in [0.717, 1.165) is 33.3 Å². The number of rotatable bonds is 9. The van der Waals surface area contributed by atoms with E-state index in [9.17, 15) is 9.59 Å². The van der Waals surface area contributed by atoms with E-state index in [-0.39, 0.29) is 18.6 Å². The molecule has 3 aromatic rings. The first-order valence-corrected chi connectivity index (χ1v) is 12.0. The summed E-state index contributed by atoms with van der Waals surface area (Å²) in [6.07, 6.45) is 1.30. The van der Waals surface area contributed by atoms with Crippen molar-refractivity contribution in [3.63, 3.8) is 0 Å². The van der Waals surface area contributed by atoms with Crippen LogP contribution in [0.4, 0.5) is 0 Å². The summed E-state index contributed by atoms with van der Waals surface area (Å²) in [5, 5.41) is 6.17. The third-order valence-electron chi connectivity index (χ3n) is 5.58. The van der Waals surface area contributed by atoms with Crippen LogP contribution in [0.1, 0.15) is 40.9 Å². The number of nitrogens with zero attached hydrogens (tertiary/aromatic N) is 2. The first kappa shape index (κ1) is 24.5. The maximum absolute atomic E-state index is 13.3. The van der Waals surface area contributed by atoms with Crippen molar-refractivity contribution in [3.05, 3.63) is 87.9 Å². The molecule has 3 aromatic carbocycles. The molecule has 0 aromatic heterocycles. The Hall–Kier alpha value is -3.65. The van der Waals surface area contributed by atoms with Crippen molar-refractivity contribution in [2.24, 2.45) is 5.10 Å². The van der Waals surface area contributed by atoms with Crippen LogP contribution < -0.4 is 14.2 Å². The average molecular weight is 537 g/mol. The molecule has 0 fully saturated rings. The zero-order valence-corrected chi connectivity index (χ0v) is 21.0. The molecule has 0 saturated heterocycles. The minimum absolute atomic E-state index is 0.234. The molecule has 1 heterocycles. The van der Waals surface area contributed by atoms with E-state index < -0.39 is 0 Å². The Morgan fingerprint density at radius 2 is 1.89 bits per heavy atom. The van der Waals surface area contributed by atoms with Gasteiger partial charge < -0.3 is 14.2 Å². The predicted octanol–water partition coefficient (Wildman–Crippen LogP) is 5.43. The lowest BCUT2D eigenvalue weighted by atomic mass is 9.98. The van der Waals surface area contributed by atoms with Gasteiger partial charge in [0.25, 0.3) is 5.91 Å². The molecule has 7 nitrogen and oxygen atoms in total. The Morgan fingerprint density at radius 3 is 2.57 bits per heavy atom. The summed E-state index contributed by atoms with van der Waals surface area (Å²) >= 11 is 3.51. The molecule has 0 aliphatic carbocycles. The number of ether oxygens (including phenoxy) is 3. The number of hydrazone groups is 1. The zero-order chi connectivity index (χ0) is 24.8. The normalized spacial score (nSPS) is 14.9. The maximum atomic E-state index is 13.3. The molecule has 1 atom stereocenters. The number of hydrogen-bond donors (Lipinski definition) is 0. The molecule has 1 unspecified atom stereocenters. The number of carbonyl (C=O) groups excluding carboxylic acids is 2. The van der Waals surface area contributed by atoms with Gasteiger partial charge in [0, 0.05) is 16.5 Å². The van der Waals surface area contributed by atoms with Crippen LogP contribution in [0.2, 0.25) is 0 Å². The van der Waals surface area contributed by atoms with Gasteiger partial charge in [-0.1, -0.05) is 40.2 Å². The first-order chi connectivity index (χ1) is 17.0. The standard InChI is InChI=1S/C27H25BrN2O5/c1-3-34-26-13-18(16-31)7-12-25(26)35-17-27(32)30-24(19-8-10-22(33-2)11-9-19)15-23(29-30)20-5-4-6-21(28)14-20/h4-14,16,24H,3,15,17H2,1-2H3. The van der Waals surface area contributed by atoms with Crippen LogP contribution in [0.15, 0.2) is 76.3 Å². The fourth-order valence-corrected chi connectivity index (χ4v) is 4.26. The van der Waals surface area contributed by atoms with Crippen LogP contribution in [-0.2, 0) is 4.79 Å². The number of carbonyl (C=O) groups is 2. The summed E-state index contributed by atoms with van der Waals surface area (Å²) < 4.78 is 17.6. The molecule has 180 valence electrons. The summed E-state index contributed by atoms with van der Waals surface area (Å²) in [7, 11) is 1.62. The van der Waals surface area contributed by atoms with Crippen LogP contribution in [0.25, 0.3) is 0 Å². The molecule has 1 aliphatic heterocycles. The second-order valence-corrected chi connectivity index (χ2v) is 8.75. The number of halogens is 1. The lowest BCUT2D eigenvalue weighted by Crippen LogP contribution is -2.31. The van der Waals surface area contributed by atoms with Gasteiger partial charge in [0.15, 0.2) is 18.1 Å². The van der Waals surface area contributed by atoms with E-state index in [2.05, 4.69) is 21.0 Å². The minimum atomic E-state index is -0.294. The molecule has 35 heavy (non-hydrogen) atoms. The lowest BCUT2D eigenvalue weighted by molar-refractivity contribution is -0.135. The number of aldehydes is 1. The molecule has 0 radical (unpaired) electrons. The molecule has 0 bridgehead atoms. The van der Waals surface area contributed by atoms with Crippen LogP contribution >= 0.6 is 15.9 Å². The van der Waals surface area contributed by atoms with Crippen LogP contribution in [0, 0.1) is 0 Å². The molecule has 1 amide bonds. The van der Waals surface area contributed by atoms with Gasteiger partial charge in [0.2, 0.25) is 0 Å². The van der Waals surface area contributed by atoms with Crippen LogP contribution in [0.5, 0.6) is 17.2 Å². The van der Waals surface area contributed by atoms with Gasteiger partial charge >= 0.3 is 0 Å². The van der Waals surface area contributed by atoms with Gasteiger partial charge in [-0.3, -0.25) is 9.59 Å². The Kier molecular flexibility index (Phi) is 7.82. The summed E-state index contributed by atoms with van der Waals surface area (Å²) in [6.45, 7) is 2.01. The van der Waals surface area contributed by atoms with E-state index in [1.807, 2.05) is 55.5 Å². The fraction of sp³-hybridized carbons (Fsp3) is 0.222. The topological polar surface area (TPSA) is 77.4 Å². The van der Waals surface area contributed by atoms with Crippen LogP contribution in [-0.4, -0.2) is 43.2 Å². The van der Waals surface area contributed by atoms with Crippen molar-refractivity contribution >= 4 is 33.8 Å². The second kappa shape index (κ2) is 11.2. The number of methoxy groups -OCH3 is 1. The number of benzene rings is 3. The van der Waals surface area contributed by atoms with Gasteiger partial charge in [0.05, 0.1) is 25.5 Å². The van der Waals surface area contributed by atoms with Crippen molar-refractivity contribution in [1.82, 2.24) is 5.01 Å². The summed E-state index contributed by atoms with van der Waals surface area (Å²) in [5.41, 5.74) is 3.16. The zero-order valence-electron chi connectivity index (χ0n) is 19.4. The molecule has 4 rings (SSSR count). The third-order valence-corrected chi connectivity index (χ3v) is 6.07. The van der Waals surface area contributed by atoms with E-state index in [4.69, 9.17) is 14.2 Å². The molecule has 8 heteroatoms. The van der Waals surface area contributed by atoms with Crippen molar-refractivity contribution in [3.8, 4) is 17.2 Å². The predicted molar refractivity (Wildman–Crippen MR) is 136 cm³/mol. The van der Waals surface area contributed by atoms with Crippen LogP contribution in [0.3, 0.4) is 0 Å². The SMILES string of the molecule is CCOc1cc(C=O)ccc1OCC(=O)N1N=C(c2cccc(Br)c2)CC1c1ccc(OC)cc1. The highest BCUT2D eigenvalue weighted by Gasteiger charge is 2.33. The number of hydrogen-bond acceptors (Lipinski definition) is 6. The van der Waals surface area contributed by atoms with Gasteiger partial charge in [-0.25, -0.2) is 5.01 Å². The quantitative estimate of drug-likeness (QED) is 0.341. The third kappa shape index (κ3) is 5.71. The molecule has 1 aliphatic rings. The monoisotopic (exact) mass is 536 g/mol. The van der Waals surface area contributed by atoms with Gasteiger partial charge in [-0.15, -0.1) is 0 Å². The highest BCUT2D eigenvalue weighted by molar-refractivity contribution is 9.10. The molecule has 0 saturated carbocycles. The Morgan fingerprint density at radius 1 is 1.09 bits per heavy atom. The minimum Gasteiger partial charge on any atom is -0.497 e. The molecular formula is C27H25BrN2O5. The van der Waals surface area contributed by atoms with Crippen molar-refractivity contribution < 1.29 is 23.8 Å². The van der Waals surface area contributed by atoms with Gasteiger partial charge in [0.1, 0.15) is 12.0 Å². The smallest absolute Gasteiger partial charge is 0.281 e. The van der Waals surface area contributed by atoms with Crippen molar-refractivity contribution in [2.45, 2.75) is 19.4 Å². The van der Waals surface area contributed by atoms with E-state index in [0.29, 0.717) is 30.1 Å². The summed E-state index contributed by atoms with van der Waals surface area (Å²) in [5.74, 6) is 1.25. The van der Waals surface area contributed by atoms with E-state index in [1.54, 1.807) is 25.3 Å². The van der Waals surface area contributed by atoms with E-state index in [1.165, 1.54) is 5.01 Å². The number of amides is 1. The highest BCUT2D eigenvalue weighted by Crippen LogP contribution is 2.35. The summed E-state index contributed by atoms with van der Waals surface area (Å²) in [4.78, 5) is 24.4. The van der Waals surface area contributed by atoms with E-state index >= 15 is 0 Å². The van der Waals surface area contributed by atoms with Crippen molar-refractivity contribution in [1.29, 1.82) is 0 Å². The lowest BCUT2D eigenvalue weighted by Gasteiger charge is -2.22. The summed E-state index contributed by atoms with van der Waals surface area (Å²) in [6, 6.07) is 20.0. The Bertz CT molecular complexity index is 1240. The maximum Gasteiger partial charge on any atom is 0.281 e.